The van der Waals surface area contributed by atoms with Gasteiger partial charge in [0.1, 0.15) is 6.10 Å². The van der Waals surface area contributed by atoms with Crippen molar-refractivity contribution in [3.8, 4) is 0 Å². The highest BCUT2D eigenvalue weighted by Crippen LogP contribution is 2.42. The highest BCUT2D eigenvalue weighted by molar-refractivity contribution is 5.69. The van der Waals surface area contributed by atoms with Gasteiger partial charge in [-0.1, -0.05) is 56.2 Å². The number of methoxy groups -OCH3 is 1. The van der Waals surface area contributed by atoms with Crippen molar-refractivity contribution in [2.45, 2.75) is 96.2 Å². The van der Waals surface area contributed by atoms with Gasteiger partial charge in [-0.3, -0.25) is 9.59 Å². The topological polar surface area (TPSA) is 72.8 Å². The molecule has 0 bridgehead atoms. The van der Waals surface area contributed by atoms with Gasteiger partial charge in [0.05, 0.1) is 13.2 Å². The molecule has 1 unspecified atom stereocenters. The zero-order chi connectivity index (χ0) is 23.3. The van der Waals surface area contributed by atoms with Gasteiger partial charge >= 0.3 is 11.9 Å². The minimum atomic E-state index is -0.326. The molecule has 0 aromatic heterocycles. The lowest BCUT2D eigenvalue weighted by atomic mass is 9.85. The third-order valence-electron chi connectivity index (χ3n) is 6.41. The number of esters is 2. The number of ether oxygens (including phenoxy) is 2. The third-order valence-corrected chi connectivity index (χ3v) is 6.41. The number of hydrogen-bond donors (Lipinski definition) is 1. The van der Waals surface area contributed by atoms with Crippen molar-refractivity contribution >= 4 is 11.9 Å². The first-order chi connectivity index (χ1) is 15.5. The van der Waals surface area contributed by atoms with Crippen molar-refractivity contribution in [2.75, 3.05) is 7.11 Å². The Hall–Kier alpha value is -2.14. The van der Waals surface area contributed by atoms with Crippen molar-refractivity contribution in [2.24, 2.45) is 5.92 Å². The van der Waals surface area contributed by atoms with Crippen LogP contribution in [0.4, 0.5) is 0 Å². The maximum atomic E-state index is 11.6. The lowest BCUT2D eigenvalue weighted by molar-refractivity contribution is -0.147. The number of carbonyl (C=O) groups excluding carboxylic acids is 2. The molecule has 0 saturated heterocycles. The van der Waals surface area contributed by atoms with Gasteiger partial charge in [0.15, 0.2) is 0 Å². The minimum absolute atomic E-state index is 0.121. The molecule has 0 heterocycles. The molecule has 32 heavy (non-hydrogen) atoms. The molecule has 4 atom stereocenters. The fourth-order valence-electron chi connectivity index (χ4n) is 4.68. The Morgan fingerprint density at radius 2 is 1.88 bits per heavy atom. The molecule has 5 nitrogen and oxygen atoms in total. The Morgan fingerprint density at radius 1 is 1.12 bits per heavy atom. The number of aliphatic hydroxyl groups is 1. The number of rotatable bonds is 13. The van der Waals surface area contributed by atoms with E-state index >= 15 is 0 Å². The molecule has 1 aliphatic carbocycles. The van der Waals surface area contributed by atoms with Crippen LogP contribution in [-0.2, 0) is 19.1 Å². The predicted molar refractivity (Wildman–Crippen MR) is 126 cm³/mol. The summed E-state index contributed by atoms with van der Waals surface area (Å²) in [6.45, 7) is 3.63. The van der Waals surface area contributed by atoms with Crippen molar-refractivity contribution in [1.82, 2.24) is 0 Å². The number of unbranched alkanes of at least 4 members (excludes halogenated alkanes) is 3. The van der Waals surface area contributed by atoms with Crippen LogP contribution in [0.2, 0.25) is 0 Å². The van der Waals surface area contributed by atoms with E-state index in [0.717, 1.165) is 68.9 Å². The van der Waals surface area contributed by atoms with Crippen molar-refractivity contribution in [3.63, 3.8) is 0 Å². The van der Waals surface area contributed by atoms with Gasteiger partial charge < -0.3 is 14.6 Å². The fourth-order valence-corrected chi connectivity index (χ4v) is 4.68. The van der Waals surface area contributed by atoms with Crippen molar-refractivity contribution in [1.29, 1.82) is 0 Å². The first-order valence-corrected chi connectivity index (χ1v) is 12.1. The zero-order valence-corrected chi connectivity index (χ0v) is 19.9. The van der Waals surface area contributed by atoms with E-state index in [2.05, 4.69) is 48.1 Å². The Balaban J connectivity index is 1.97. The van der Waals surface area contributed by atoms with Crippen LogP contribution in [-0.4, -0.2) is 30.3 Å². The molecule has 1 saturated carbocycles. The molecule has 1 aromatic rings. The first kappa shape index (κ1) is 26.1. The summed E-state index contributed by atoms with van der Waals surface area (Å²) in [7, 11) is 1.42. The standard InChI is InChI=1S/C27H40O5/c1-4-5-8-12-25(32-20(2)28)21-14-16-23(17-15-21)27-22(18-19-24(27)29)11-9-6-7-10-13-26(30)31-3/h6,9,14-17,22,24-25,27,29H,4-5,7-8,10-13,18-19H2,1-3H3/b9-6-/t22-,24+,25?,27-/m0/s1. The number of aliphatic hydroxyl groups excluding tert-OH is 1. The molecule has 5 heteroatoms. The normalized spacial score (nSPS) is 21.6. The van der Waals surface area contributed by atoms with E-state index in [-0.39, 0.29) is 30.1 Å². The average Bonchev–Trinajstić information content (AvgIpc) is 3.15. The number of benzene rings is 1. The van der Waals surface area contributed by atoms with Crippen LogP contribution in [0.1, 0.15) is 101 Å². The molecule has 0 aliphatic heterocycles. The van der Waals surface area contributed by atoms with E-state index in [1.807, 2.05) is 0 Å². The molecule has 0 amide bonds. The van der Waals surface area contributed by atoms with Crippen LogP contribution in [0.25, 0.3) is 0 Å². The van der Waals surface area contributed by atoms with E-state index < -0.39 is 0 Å². The fraction of sp³-hybridized carbons (Fsp3) is 0.630. The molecule has 0 radical (unpaired) electrons. The summed E-state index contributed by atoms with van der Waals surface area (Å²) in [6.07, 6.45) is 12.8. The number of carbonyl (C=O) groups is 2. The lowest BCUT2D eigenvalue weighted by Crippen LogP contribution is -2.17. The number of allylic oxidation sites excluding steroid dienone is 2. The second kappa shape index (κ2) is 14.1. The summed E-state index contributed by atoms with van der Waals surface area (Å²) in [5.74, 6) is 0.111. The summed E-state index contributed by atoms with van der Waals surface area (Å²) in [5.41, 5.74) is 2.17. The molecule has 0 spiro atoms. The lowest BCUT2D eigenvalue weighted by Gasteiger charge is -2.23. The molecule has 178 valence electrons. The van der Waals surface area contributed by atoms with E-state index in [0.29, 0.717) is 12.3 Å². The summed E-state index contributed by atoms with van der Waals surface area (Å²) in [4.78, 5) is 22.7. The van der Waals surface area contributed by atoms with Gasteiger partial charge in [0.25, 0.3) is 0 Å². The summed E-state index contributed by atoms with van der Waals surface area (Å²) >= 11 is 0. The van der Waals surface area contributed by atoms with Gasteiger partial charge in [0, 0.05) is 19.3 Å². The SMILES string of the molecule is CCCCCC(OC(C)=O)c1ccc([C@@H]2[C@@H](C/C=C\CCCC(=O)OC)CC[C@H]2O)cc1. The van der Waals surface area contributed by atoms with Crippen LogP contribution in [0, 0.1) is 5.92 Å². The van der Waals surface area contributed by atoms with E-state index in [4.69, 9.17) is 4.74 Å². The first-order valence-electron chi connectivity index (χ1n) is 12.1. The minimum Gasteiger partial charge on any atom is -0.469 e. The van der Waals surface area contributed by atoms with Crippen molar-refractivity contribution in [3.05, 3.63) is 47.5 Å². The van der Waals surface area contributed by atoms with Gasteiger partial charge in [0.2, 0.25) is 0 Å². The average molecular weight is 445 g/mol. The molecular weight excluding hydrogens is 404 g/mol. The van der Waals surface area contributed by atoms with Gasteiger partial charge in [-0.15, -0.1) is 0 Å². The largest absolute Gasteiger partial charge is 0.469 e. The van der Waals surface area contributed by atoms with Crippen LogP contribution < -0.4 is 0 Å². The molecule has 1 aromatic carbocycles. The summed E-state index contributed by atoms with van der Waals surface area (Å²) < 4.78 is 10.2. The van der Waals surface area contributed by atoms with E-state index in [1.165, 1.54) is 14.0 Å². The molecule has 2 rings (SSSR count). The molecule has 1 N–H and O–H groups in total. The summed E-state index contributed by atoms with van der Waals surface area (Å²) in [5, 5.41) is 10.6. The molecule has 1 aliphatic rings. The second-order valence-electron chi connectivity index (χ2n) is 8.87. The Labute approximate surface area is 193 Å². The van der Waals surface area contributed by atoms with Gasteiger partial charge in [-0.05, 0) is 62.0 Å². The summed E-state index contributed by atoms with van der Waals surface area (Å²) in [6, 6.07) is 8.30. The number of hydrogen-bond acceptors (Lipinski definition) is 5. The molecular formula is C27H40O5. The Morgan fingerprint density at radius 3 is 2.53 bits per heavy atom. The van der Waals surface area contributed by atoms with E-state index in [9.17, 15) is 14.7 Å². The quantitative estimate of drug-likeness (QED) is 0.229. The van der Waals surface area contributed by atoms with Crippen molar-refractivity contribution < 1.29 is 24.2 Å². The molecule has 1 fully saturated rings. The zero-order valence-electron chi connectivity index (χ0n) is 19.9. The van der Waals surface area contributed by atoms with Crippen LogP contribution in [0.15, 0.2) is 36.4 Å². The maximum absolute atomic E-state index is 11.6. The van der Waals surface area contributed by atoms with Crippen LogP contribution in [0.5, 0.6) is 0 Å². The maximum Gasteiger partial charge on any atom is 0.305 e. The third kappa shape index (κ3) is 8.42. The van der Waals surface area contributed by atoms with Gasteiger partial charge in [-0.2, -0.15) is 0 Å². The predicted octanol–water partition coefficient (Wildman–Crippen LogP) is 6.02. The van der Waals surface area contributed by atoms with E-state index in [1.54, 1.807) is 0 Å². The second-order valence-corrected chi connectivity index (χ2v) is 8.87. The van der Waals surface area contributed by atoms with Crippen LogP contribution in [0.3, 0.4) is 0 Å². The monoisotopic (exact) mass is 444 g/mol. The van der Waals surface area contributed by atoms with Gasteiger partial charge in [-0.25, -0.2) is 0 Å². The van der Waals surface area contributed by atoms with Crippen LogP contribution >= 0.6 is 0 Å². The highest BCUT2D eigenvalue weighted by atomic mass is 16.5. The smallest absolute Gasteiger partial charge is 0.305 e. The Kier molecular flexibility index (Phi) is 11.5. The highest BCUT2D eigenvalue weighted by Gasteiger charge is 2.35. The Bertz CT molecular complexity index is 724.